The summed E-state index contributed by atoms with van der Waals surface area (Å²) >= 11 is 0. The molecule has 6 heteroatoms. The van der Waals surface area contributed by atoms with E-state index in [4.69, 9.17) is 9.16 Å². The van der Waals surface area contributed by atoms with Gasteiger partial charge in [-0.15, -0.1) is 0 Å². The van der Waals surface area contributed by atoms with Gasteiger partial charge in [-0.1, -0.05) is 60.7 Å². The maximum Gasteiger partial charge on any atom is 0.302 e. The summed E-state index contributed by atoms with van der Waals surface area (Å²) in [6, 6.07) is 19.7. The van der Waals surface area contributed by atoms with E-state index in [0.717, 1.165) is 11.1 Å². The third kappa shape index (κ3) is 7.33. The van der Waals surface area contributed by atoms with Crippen molar-refractivity contribution in [2.45, 2.75) is 65.0 Å². The third-order valence-electron chi connectivity index (χ3n) is 5.36. The molecular weight excluding hydrogens is 406 g/mol. The normalized spacial score (nSPS) is 13.5. The van der Waals surface area contributed by atoms with Gasteiger partial charge in [0.1, 0.15) is 0 Å². The molecule has 0 N–H and O–H groups in total. The fourth-order valence-corrected chi connectivity index (χ4v) is 7.05. The Labute approximate surface area is 187 Å². The van der Waals surface area contributed by atoms with E-state index in [2.05, 4.69) is 13.1 Å². The molecule has 0 saturated carbocycles. The lowest BCUT2D eigenvalue weighted by molar-refractivity contribution is -0.141. The third-order valence-corrected chi connectivity index (χ3v) is 8.70. The summed E-state index contributed by atoms with van der Waals surface area (Å²) in [6.45, 7) is 12.0. The predicted molar refractivity (Wildman–Crippen MR) is 126 cm³/mol. The molecule has 2 rings (SSSR count). The van der Waals surface area contributed by atoms with E-state index in [1.165, 1.54) is 6.92 Å². The van der Waals surface area contributed by atoms with Crippen LogP contribution in [-0.4, -0.2) is 37.8 Å². The van der Waals surface area contributed by atoms with Crippen LogP contribution in [0.2, 0.25) is 18.6 Å². The van der Waals surface area contributed by atoms with Crippen LogP contribution in [0, 0.1) is 0 Å². The molecule has 0 fully saturated rings. The number of ether oxygens (including phenoxy) is 1. The Bertz CT molecular complexity index is 839. The summed E-state index contributed by atoms with van der Waals surface area (Å²) in [5.41, 5.74) is 1.92. The van der Waals surface area contributed by atoms with Crippen LogP contribution in [0.1, 0.15) is 44.9 Å². The highest BCUT2D eigenvalue weighted by Crippen LogP contribution is 2.42. The second-order valence-electron chi connectivity index (χ2n) is 8.67. The SMILES string of the molecule is CC(=O)OC[C@@H]([C@H](c1ccccc1)N(Cc1ccccc1)C(C)=O)[Si](C)(C)OC(C)C. The van der Waals surface area contributed by atoms with Gasteiger partial charge in [-0.3, -0.25) is 9.59 Å². The van der Waals surface area contributed by atoms with Crippen molar-refractivity contribution in [2.75, 3.05) is 6.61 Å². The van der Waals surface area contributed by atoms with Gasteiger partial charge in [-0.25, -0.2) is 0 Å². The van der Waals surface area contributed by atoms with Crippen LogP contribution >= 0.6 is 0 Å². The van der Waals surface area contributed by atoms with Crippen LogP contribution in [0.5, 0.6) is 0 Å². The van der Waals surface area contributed by atoms with Crippen molar-refractivity contribution in [3.8, 4) is 0 Å². The number of esters is 1. The summed E-state index contributed by atoms with van der Waals surface area (Å²) < 4.78 is 12.0. The quantitative estimate of drug-likeness (QED) is 0.369. The van der Waals surface area contributed by atoms with Crippen LogP contribution in [-0.2, 0) is 25.3 Å². The van der Waals surface area contributed by atoms with Crippen molar-refractivity contribution in [2.24, 2.45) is 0 Å². The predicted octanol–water partition coefficient (Wildman–Crippen LogP) is 5.34. The van der Waals surface area contributed by atoms with Gasteiger partial charge in [0.15, 0.2) is 8.32 Å². The molecule has 2 aromatic carbocycles. The molecule has 0 unspecified atom stereocenters. The molecule has 2 aromatic rings. The van der Waals surface area contributed by atoms with Crippen molar-refractivity contribution in [1.82, 2.24) is 4.90 Å². The molecule has 31 heavy (non-hydrogen) atoms. The highest BCUT2D eigenvalue weighted by molar-refractivity contribution is 6.73. The summed E-state index contributed by atoms with van der Waals surface area (Å²) in [6.07, 6.45) is 0.0396. The Morgan fingerprint density at radius 3 is 1.97 bits per heavy atom. The average molecular weight is 442 g/mol. The zero-order chi connectivity index (χ0) is 23.0. The smallest absolute Gasteiger partial charge is 0.302 e. The first-order valence-electron chi connectivity index (χ1n) is 10.8. The second-order valence-corrected chi connectivity index (χ2v) is 12.9. The Kier molecular flexibility index (Phi) is 9.01. The Morgan fingerprint density at radius 1 is 0.935 bits per heavy atom. The van der Waals surface area contributed by atoms with Crippen LogP contribution < -0.4 is 0 Å². The van der Waals surface area contributed by atoms with Crippen molar-refractivity contribution in [3.05, 3.63) is 71.8 Å². The van der Waals surface area contributed by atoms with Gasteiger partial charge in [-0.2, -0.15) is 0 Å². The Hall–Kier alpha value is -2.44. The topological polar surface area (TPSA) is 55.8 Å². The van der Waals surface area contributed by atoms with Gasteiger partial charge in [-0.05, 0) is 38.1 Å². The minimum Gasteiger partial charge on any atom is -0.466 e. The van der Waals surface area contributed by atoms with Crippen molar-refractivity contribution in [1.29, 1.82) is 0 Å². The molecule has 0 aromatic heterocycles. The summed E-state index contributed by atoms with van der Waals surface area (Å²) in [5.74, 6) is -0.358. The first kappa shape index (κ1) is 24.8. The van der Waals surface area contributed by atoms with Crippen LogP contribution in [0.3, 0.4) is 0 Å². The minimum atomic E-state index is -2.41. The maximum absolute atomic E-state index is 12.9. The molecule has 0 spiro atoms. The monoisotopic (exact) mass is 441 g/mol. The summed E-state index contributed by atoms with van der Waals surface area (Å²) in [4.78, 5) is 26.6. The minimum absolute atomic E-state index is 0.0279. The molecule has 0 aliphatic carbocycles. The lowest BCUT2D eigenvalue weighted by atomic mass is 10.0. The van der Waals surface area contributed by atoms with E-state index in [1.807, 2.05) is 79.4 Å². The van der Waals surface area contributed by atoms with Crippen molar-refractivity contribution >= 4 is 20.2 Å². The Morgan fingerprint density at radius 2 is 1.48 bits per heavy atom. The van der Waals surface area contributed by atoms with Gasteiger partial charge < -0.3 is 14.1 Å². The molecule has 0 saturated heterocycles. The van der Waals surface area contributed by atoms with Crippen molar-refractivity contribution in [3.63, 3.8) is 0 Å². The maximum atomic E-state index is 12.9. The summed E-state index contributed by atoms with van der Waals surface area (Å²) in [5, 5.41) is 0. The number of amides is 1. The molecular formula is C25H35NO4Si. The number of hydrogen-bond acceptors (Lipinski definition) is 4. The first-order valence-corrected chi connectivity index (χ1v) is 13.8. The van der Waals surface area contributed by atoms with E-state index in [1.54, 1.807) is 6.92 Å². The Balaban J connectivity index is 2.58. The first-order chi connectivity index (χ1) is 14.6. The number of carbonyl (C=O) groups excluding carboxylic acids is 2. The van der Waals surface area contributed by atoms with Gasteiger partial charge in [0.2, 0.25) is 5.91 Å². The zero-order valence-corrected chi connectivity index (χ0v) is 20.5. The molecule has 0 heterocycles. The molecule has 5 nitrogen and oxygen atoms in total. The molecule has 2 atom stereocenters. The van der Waals surface area contributed by atoms with E-state index in [-0.39, 0.29) is 36.2 Å². The number of rotatable bonds is 10. The molecule has 0 aliphatic rings. The number of carbonyl (C=O) groups is 2. The highest BCUT2D eigenvalue weighted by atomic mass is 28.4. The van der Waals surface area contributed by atoms with Crippen molar-refractivity contribution < 1.29 is 18.8 Å². The molecule has 168 valence electrons. The van der Waals surface area contributed by atoms with Gasteiger partial charge in [0, 0.05) is 32.0 Å². The fraction of sp³-hybridized carbons (Fsp3) is 0.440. The van der Waals surface area contributed by atoms with E-state index in [9.17, 15) is 9.59 Å². The lowest BCUT2D eigenvalue weighted by Crippen LogP contribution is -2.49. The van der Waals surface area contributed by atoms with Gasteiger partial charge in [0.05, 0.1) is 12.6 Å². The molecule has 0 aliphatic heterocycles. The van der Waals surface area contributed by atoms with Crippen LogP contribution in [0.25, 0.3) is 0 Å². The van der Waals surface area contributed by atoms with E-state index in [0.29, 0.717) is 6.54 Å². The number of nitrogens with zero attached hydrogens (tertiary/aromatic N) is 1. The van der Waals surface area contributed by atoms with Crippen LogP contribution in [0.15, 0.2) is 60.7 Å². The van der Waals surface area contributed by atoms with Gasteiger partial charge >= 0.3 is 5.97 Å². The number of hydrogen-bond donors (Lipinski definition) is 0. The average Bonchev–Trinajstić information content (AvgIpc) is 2.69. The standard InChI is InChI=1S/C25H35NO4Si/c1-19(2)30-31(5,6)24(18-29-21(4)28)25(23-15-11-8-12-16-23)26(20(3)27)17-22-13-9-7-10-14-22/h7-16,19,24-25H,17-18H2,1-6H3/t24-,25-/m0/s1. The number of benzene rings is 2. The highest BCUT2D eigenvalue weighted by Gasteiger charge is 2.44. The van der Waals surface area contributed by atoms with Gasteiger partial charge in [0.25, 0.3) is 0 Å². The largest absolute Gasteiger partial charge is 0.466 e. The summed E-state index contributed by atoms with van der Waals surface area (Å²) in [7, 11) is -2.41. The molecule has 0 bridgehead atoms. The lowest BCUT2D eigenvalue weighted by Gasteiger charge is -2.43. The fourth-order valence-electron chi connectivity index (χ4n) is 4.04. The van der Waals surface area contributed by atoms with Crippen LogP contribution in [0.4, 0.5) is 0 Å². The zero-order valence-electron chi connectivity index (χ0n) is 19.5. The van der Waals surface area contributed by atoms with E-state index < -0.39 is 8.32 Å². The molecule has 0 radical (unpaired) electrons. The van der Waals surface area contributed by atoms with E-state index >= 15 is 0 Å². The molecule has 1 amide bonds. The second kappa shape index (κ2) is 11.3.